The number of likely N-dealkylation sites (tertiary alicyclic amines) is 1. The minimum absolute atomic E-state index is 0.0838. The molecular weight excluding hydrogens is 298 g/mol. The van der Waals surface area contributed by atoms with E-state index >= 15 is 0 Å². The largest absolute Gasteiger partial charge is 0.338 e. The lowest BCUT2D eigenvalue weighted by Crippen LogP contribution is -2.35. The molecule has 1 aromatic carbocycles. The number of rotatable bonds is 6. The fraction of sp³-hybridized carbons (Fsp3) is 0.650. The molecule has 0 unspecified atom stereocenters. The highest BCUT2D eigenvalue weighted by molar-refractivity contribution is 5.89. The van der Waals surface area contributed by atoms with Crippen LogP contribution in [0.15, 0.2) is 18.2 Å². The van der Waals surface area contributed by atoms with Gasteiger partial charge in [-0.05, 0) is 87.2 Å². The molecule has 1 aromatic rings. The molecule has 2 amide bonds. The van der Waals surface area contributed by atoms with Crippen molar-refractivity contribution in [1.29, 1.82) is 0 Å². The first-order valence-electron chi connectivity index (χ1n) is 9.60. The van der Waals surface area contributed by atoms with Gasteiger partial charge in [0.05, 0.1) is 0 Å². The van der Waals surface area contributed by atoms with Gasteiger partial charge >= 0.3 is 6.03 Å². The molecule has 1 aliphatic heterocycles. The first kappa shape index (κ1) is 17.3. The van der Waals surface area contributed by atoms with Crippen molar-refractivity contribution in [2.24, 2.45) is 5.92 Å². The molecule has 0 aromatic heterocycles. The van der Waals surface area contributed by atoms with Crippen LogP contribution >= 0.6 is 0 Å². The van der Waals surface area contributed by atoms with E-state index in [2.05, 4.69) is 34.6 Å². The van der Waals surface area contributed by atoms with Crippen LogP contribution in [0.5, 0.6) is 0 Å². The van der Waals surface area contributed by atoms with Crippen molar-refractivity contribution < 1.29 is 4.79 Å². The van der Waals surface area contributed by atoms with Gasteiger partial charge in [-0.15, -0.1) is 0 Å². The van der Waals surface area contributed by atoms with Gasteiger partial charge in [-0.1, -0.05) is 13.0 Å². The molecule has 0 radical (unpaired) electrons. The topological polar surface area (TPSA) is 44.4 Å². The van der Waals surface area contributed by atoms with E-state index in [0.717, 1.165) is 37.4 Å². The van der Waals surface area contributed by atoms with Crippen molar-refractivity contribution in [2.45, 2.75) is 51.9 Å². The van der Waals surface area contributed by atoms with Crippen LogP contribution in [-0.2, 0) is 12.8 Å². The van der Waals surface area contributed by atoms with Gasteiger partial charge in [-0.3, -0.25) is 0 Å². The number of nitrogens with one attached hydrogen (secondary N) is 2. The van der Waals surface area contributed by atoms with Crippen LogP contribution in [0.2, 0.25) is 0 Å². The number of carbonyl (C=O) groups excluding carboxylic acids is 1. The number of fused-ring (bicyclic) bond motifs is 1. The van der Waals surface area contributed by atoms with Gasteiger partial charge in [0.15, 0.2) is 0 Å². The van der Waals surface area contributed by atoms with E-state index in [1.165, 1.54) is 56.4 Å². The summed E-state index contributed by atoms with van der Waals surface area (Å²) in [5.41, 5.74) is 3.74. The Kier molecular flexibility index (Phi) is 6.13. The molecular formula is C20H31N3O. The molecule has 2 aliphatic rings. The molecule has 1 saturated heterocycles. The molecule has 24 heavy (non-hydrogen) atoms. The fourth-order valence-electron chi connectivity index (χ4n) is 3.98. The normalized spacial score (nSPS) is 20.6. The summed E-state index contributed by atoms with van der Waals surface area (Å²) in [5.74, 6) is 0.843. The Morgan fingerprint density at radius 3 is 2.96 bits per heavy atom. The standard InChI is InChI=1S/C20H31N3O/c1-16-6-5-13-23(15-16)12-3-2-11-21-20(24)22-19-10-9-17-7-4-8-18(17)14-19/h9-10,14,16H,2-8,11-13,15H2,1H3,(H2,21,22,24)/t16-/m1/s1. The van der Waals surface area contributed by atoms with Crippen LogP contribution in [0.4, 0.5) is 10.5 Å². The lowest BCUT2D eigenvalue weighted by atomic mass is 10.0. The Balaban J connectivity index is 1.30. The van der Waals surface area contributed by atoms with Crippen molar-refractivity contribution in [3.63, 3.8) is 0 Å². The smallest absolute Gasteiger partial charge is 0.319 e. The first-order valence-corrected chi connectivity index (χ1v) is 9.60. The maximum absolute atomic E-state index is 12.0. The van der Waals surface area contributed by atoms with Crippen LogP contribution in [-0.4, -0.2) is 37.1 Å². The van der Waals surface area contributed by atoms with Crippen molar-refractivity contribution in [3.8, 4) is 0 Å². The number of piperidine rings is 1. The van der Waals surface area contributed by atoms with Crippen molar-refractivity contribution >= 4 is 11.7 Å². The Morgan fingerprint density at radius 2 is 2.08 bits per heavy atom. The van der Waals surface area contributed by atoms with Crippen LogP contribution in [0.25, 0.3) is 0 Å². The number of carbonyl (C=O) groups is 1. The van der Waals surface area contributed by atoms with Crippen LogP contribution in [0, 0.1) is 5.92 Å². The zero-order valence-corrected chi connectivity index (χ0v) is 14.9. The quantitative estimate of drug-likeness (QED) is 0.780. The SMILES string of the molecule is C[C@@H]1CCCN(CCCCNC(=O)Nc2ccc3c(c2)CCC3)C1. The third-order valence-corrected chi connectivity index (χ3v) is 5.28. The highest BCUT2D eigenvalue weighted by Gasteiger charge is 2.15. The summed E-state index contributed by atoms with van der Waals surface area (Å²) in [4.78, 5) is 14.6. The first-order chi connectivity index (χ1) is 11.7. The molecule has 0 saturated carbocycles. The molecule has 1 fully saturated rings. The zero-order chi connectivity index (χ0) is 16.8. The van der Waals surface area contributed by atoms with Gasteiger partial charge < -0.3 is 15.5 Å². The molecule has 0 bridgehead atoms. The maximum atomic E-state index is 12.0. The number of nitrogens with zero attached hydrogens (tertiary/aromatic N) is 1. The van der Waals surface area contributed by atoms with Crippen molar-refractivity contribution in [2.75, 3.05) is 31.5 Å². The van der Waals surface area contributed by atoms with Crippen LogP contribution in [0.3, 0.4) is 0 Å². The van der Waals surface area contributed by atoms with Gasteiger partial charge in [0.25, 0.3) is 0 Å². The summed E-state index contributed by atoms with van der Waals surface area (Å²) in [6.07, 6.45) is 8.47. The number of amides is 2. The lowest BCUT2D eigenvalue weighted by molar-refractivity contribution is 0.181. The van der Waals surface area contributed by atoms with E-state index in [1.54, 1.807) is 0 Å². The molecule has 4 nitrogen and oxygen atoms in total. The Labute approximate surface area is 146 Å². The van der Waals surface area contributed by atoms with E-state index in [-0.39, 0.29) is 6.03 Å². The lowest BCUT2D eigenvalue weighted by Gasteiger charge is -2.30. The average molecular weight is 329 g/mol. The van der Waals surface area contributed by atoms with Gasteiger partial charge in [-0.2, -0.15) is 0 Å². The number of benzene rings is 1. The second-order valence-electron chi connectivity index (χ2n) is 7.47. The van der Waals surface area contributed by atoms with Crippen molar-refractivity contribution in [3.05, 3.63) is 29.3 Å². The van der Waals surface area contributed by atoms with Crippen molar-refractivity contribution in [1.82, 2.24) is 10.2 Å². The monoisotopic (exact) mass is 329 g/mol. The van der Waals surface area contributed by atoms with Crippen LogP contribution < -0.4 is 10.6 Å². The van der Waals surface area contributed by atoms with Gasteiger partial charge in [0.1, 0.15) is 0 Å². The summed E-state index contributed by atoms with van der Waals surface area (Å²) in [6.45, 7) is 6.75. The van der Waals surface area contributed by atoms with Gasteiger partial charge in [0, 0.05) is 18.8 Å². The predicted molar refractivity (Wildman–Crippen MR) is 99.6 cm³/mol. The third kappa shape index (κ3) is 4.97. The Hall–Kier alpha value is -1.55. The minimum Gasteiger partial charge on any atom is -0.338 e. The molecule has 132 valence electrons. The second kappa shape index (κ2) is 8.52. The molecule has 3 rings (SSSR count). The molecule has 1 heterocycles. The number of aryl methyl sites for hydroxylation is 2. The summed E-state index contributed by atoms with van der Waals surface area (Å²) in [7, 11) is 0. The van der Waals surface area contributed by atoms with E-state index in [1.807, 2.05) is 6.07 Å². The average Bonchev–Trinajstić information content (AvgIpc) is 3.02. The fourth-order valence-corrected chi connectivity index (χ4v) is 3.98. The Bertz CT molecular complexity index is 558. The summed E-state index contributed by atoms with van der Waals surface area (Å²) in [5, 5.41) is 5.93. The number of urea groups is 1. The van der Waals surface area contributed by atoms with Gasteiger partial charge in [-0.25, -0.2) is 4.79 Å². The van der Waals surface area contributed by atoms with Crippen LogP contribution in [0.1, 0.15) is 50.2 Å². The van der Waals surface area contributed by atoms with E-state index in [9.17, 15) is 4.79 Å². The summed E-state index contributed by atoms with van der Waals surface area (Å²) >= 11 is 0. The highest BCUT2D eigenvalue weighted by Crippen LogP contribution is 2.24. The number of anilines is 1. The highest BCUT2D eigenvalue weighted by atomic mass is 16.2. The molecule has 2 N–H and O–H groups in total. The molecule has 0 spiro atoms. The Morgan fingerprint density at radius 1 is 1.21 bits per heavy atom. The van der Waals surface area contributed by atoms with E-state index in [0.29, 0.717) is 0 Å². The van der Waals surface area contributed by atoms with E-state index in [4.69, 9.17) is 0 Å². The summed E-state index contributed by atoms with van der Waals surface area (Å²) < 4.78 is 0. The molecule has 4 heteroatoms. The predicted octanol–water partition coefficient (Wildman–Crippen LogP) is 3.81. The molecule has 1 atom stereocenters. The number of unbranched alkanes of at least 4 members (excludes halogenated alkanes) is 1. The maximum Gasteiger partial charge on any atom is 0.319 e. The van der Waals surface area contributed by atoms with E-state index < -0.39 is 0 Å². The van der Waals surface area contributed by atoms with Gasteiger partial charge in [0.2, 0.25) is 0 Å². The molecule has 1 aliphatic carbocycles. The summed E-state index contributed by atoms with van der Waals surface area (Å²) in [6, 6.07) is 6.21. The minimum atomic E-state index is -0.0838. The number of hydrogen-bond donors (Lipinski definition) is 2. The number of hydrogen-bond acceptors (Lipinski definition) is 2. The zero-order valence-electron chi connectivity index (χ0n) is 14.9. The third-order valence-electron chi connectivity index (χ3n) is 5.28. The second-order valence-corrected chi connectivity index (χ2v) is 7.47.